The number of fused-ring (bicyclic) bond motifs is 1. The van der Waals surface area contributed by atoms with Crippen LogP contribution >= 0.6 is 0 Å². The highest BCUT2D eigenvalue weighted by molar-refractivity contribution is 5.94. The number of rotatable bonds is 9. The molecule has 0 saturated heterocycles. The van der Waals surface area contributed by atoms with E-state index in [-0.39, 0.29) is 5.92 Å². The van der Waals surface area contributed by atoms with Crippen molar-refractivity contribution >= 4 is 28.8 Å². The molecule has 0 aliphatic rings. The van der Waals surface area contributed by atoms with Crippen LogP contribution in [0.15, 0.2) is 63.8 Å². The van der Waals surface area contributed by atoms with E-state index in [0.29, 0.717) is 16.7 Å². The van der Waals surface area contributed by atoms with E-state index in [1.165, 1.54) is 19.1 Å². The van der Waals surface area contributed by atoms with Crippen molar-refractivity contribution in [3.63, 3.8) is 0 Å². The summed E-state index contributed by atoms with van der Waals surface area (Å²) in [5, 5.41) is 14.8. The Morgan fingerprint density at radius 1 is 1.00 bits per heavy atom. The molecule has 2 aromatic carbocycles. The maximum Gasteiger partial charge on any atom is 0.336 e. The molecule has 1 heterocycles. The third-order valence-corrected chi connectivity index (χ3v) is 5.17. The van der Waals surface area contributed by atoms with Gasteiger partial charge in [0.25, 0.3) is 5.91 Å². The van der Waals surface area contributed by atoms with Crippen LogP contribution in [0.2, 0.25) is 0 Å². The van der Waals surface area contributed by atoms with Crippen molar-refractivity contribution in [2.75, 3.05) is 6.61 Å². The van der Waals surface area contributed by atoms with Gasteiger partial charge in [-0.25, -0.2) is 9.59 Å². The number of hydrogen-bond donors (Lipinski definition) is 3. The molecule has 34 heavy (non-hydrogen) atoms. The third kappa shape index (κ3) is 6.00. The first-order valence-electron chi connectivity index (χ1n) is 10.7. The van der Waals surface area contributed by atoms with Gasteiger partial charge in [0.15, 0.2) is 6.61 Å². The smallest absolute Gasteiger partial charge is 0.336 e. The number of hydrogen-bond acceptors (Lipinski definition) is 6. The Morgan fingerprint density at radius 3 is 2.35 bits per heavy atom. The lowest BCUT2D eigenvalue weighted by molar-refractivity contribution is -0.143. The summed E-state index contributed by atoms with van der Waals surface area (Å²) < 4.78 is 10.8. The first-order valence-corrected chi connectivity index (χ1v) is 10.7. The lowest BCUT2D eigenvalue weighted by Gasteiger charge is -2.21. The van der Waals surface area contributed by atoms with Crippen LogP contribution in [0, 0.1) is 5.92 Å². The molecule has 2 amide bonds. The molecule has 3 N–H and O–H groups in total. The minimum Gasteiger partial charge on any atom is -0.484 e. The highest BCUT2D eigenvalue weighted by Crippen LogP contribution is 2.29. The average Bonchev–Trinajstić information content (AvgIpc) is 2.80. The van der Waals surface area contributed by atoms with Crippen LogP contribution in [0.5, 0.6) is 5.75 Å². The molecule has 0 fully saturated rings. The van der Waals surface area contributed by atoms with Gasteiger partial charge >= 0.3 is 11.6 Å². The molecule has 178 valence electrons. The highest BCUT2D eigenvalue weighted by atomic mass is 16.5. The van der Waals surface area contributed by atoms with E-state index in [0.717, 1.165) is 11.1 Å². The molecule has 9 heteroatoms. The molecule has 2 atom stereocenters. The van der Waals surface area contributed by atoms with Gasteiger partial charge in [-0.2, -0.15) is 0 Å². The fraction of sp³-hybridized carbons (Fsp3) is 0.280. The summed E-state index contributed by atoms with van der Waals surface area (Å²) in [4.78, 5) is 47.8. The number of carbonyl (C=O) groups is 3. The van der Waals surface area contributed by atoms with Crippen LogP contribution in [0.3, 0.4) is 0 Å². The average molecular weight is 466 g/mol. The topological polar surface area (TPSA) is 135 Å². The van der Waals surface area contributed by atoms with Crippen LogP contribution in [0.25, 0.3) is 22.1 Å². The van der Waals surface area contributed by atoms with E-state index >= 15 is 0 Å². The standard InChI is InChI=1S/C25H26N2O7/c1-14(2)23(25(31)32)27-24(30)15(3)26-21(28)13-33-17-9-10-18-19(16-7-5-4-6-8-16)12-22(29)34-20(18)11-17/h4-12,14-15,23H,13H2,1-3H3,(H,26,28)(H,27,30)(H,31,32)/t15-,23+/m0/s1. The van der Waals surface area contributed by atoms with Crippen LogP contribution in [0.4, 0.5) is 0 Å². The molecule has 0 aliphatic carbocycles. The second kappa shape index (κ2) is 10.7. The Kier molecular flexibility index (Phi) is 7.68. The summed E-state index contributed by atoms with van der Waals surface area (Å²) in [5.41, 5.74) is 1.38. The Morgan fingerprint density at radius 2 is 1.71 bits per heavy atom. The fourth-order valence-electron chi connectivity index (χ4n) is 3.38. The van der Waals surface area contributed by atoms with Gasteiger partial charge < -0.3 is 24.9 Å². The summed E-state index contributed by atoms with van der Waals surface area (Å²) >= 11 is 0. The zero-order valence-electron chi connectivity index (χ0n) is 19.0. The van der Waals surface area contributed by atoms with E-state index in [1.54, 1.807) is 26.0 Å². The quantitative estimate of drug-likeness (QED) is 0.413. The van der Waals surface area contributed by atoms with Crippen molar-refractivity contribution in [3.05, 3.63) is 65.0 Å². The molecular formula is C25H26N2O7. The number of carbonyl (C=O) groups excluding carboxylic acids is 2. The summed E-state index contributed by atoms with van der Waals surface area (Å²) in [5.74, 6) is -2.35. The van der Waals surface area contributed by atoms with Crippen molar-refractivity contribution in [2.24, 2.45) is 5.92 Å². The second-order valence-corrected chi connectivity index (χ2v) is 8.15. The minimum atomic E-state index is -1.15. The van der Waals surface area contributed by atoms with Crippen molar-refractivity contribution in [3.8, 4) is 16.9 Å². The normalized spacial score (nSPS) is 12.7. The van der Waals surface area contributed by atoms with Crippen molar-refractivity contribution in [1.29, 1.82) is 0 Å². The number of amides is 2. The Hall–Kier alpha value is -4.14. The Balaban J connectivity index is 1.65. The van der Waals surface area contributed by atoms with Crippen molar-refractivity contribution in [1.82, 2.24) is 10.6 Å². The Labute approximate surface area is 195 Å². The van der Waals surface area contributed by atoms with E-state index in [2.05, 4.69) is 10.6 Å². The predicted octanol–water partition coefficient (Wildman–Crippen LogP) is 2.57. The maximum absolute atomic E-state index is 12.2. The molecule has 0 spiro atoms. The molecule has 0 radical (unpaired) electrons. The van der Waals surface area contributed by atoms with Gasteiger partial charge in [-0.3, -0.25) is 9.59 Å². The van der Waals surface area contributed by atoms with Crippen LogP contribution in [0.1, 0.15) is 20.8 Å². The van der Waals surface area contributed by atoms with Gasteiger partial charge in [-0.1, -0.05) is 44.2 Å². The fourth-order valence-corrected chi connectivity index (χ4v) is 3.38. The largest absolute Gasteiger partial charge is 0.484 e. The molecule has 0 saturated carbocycles. The zero-order valence-corrected chi connectivity index (χ0v) is 19.0. The van der Waals surface area contributed by atoms with E-state index in [9.17, 15) is 24.3 Å². The summed E-state index contributed by atoms with van der Waals surface area (Å²) in [7, 11) is 0. The number of benzene rings is 2. The van der Waals surface area contributed by atoms with Gasteiger partial charge in [0.1, 0.15) is 23.4 Å². The monoisotopic (exact) mass is 466 g/mol. The molecule has 3 rings (SSSR count). The summed E-state index contributed by atoms with van der Waals surface area (Å²) in [6.45, 7) is 4.40. The minimum absolute atomic E-state index is 0.305. The zero-order chi connectivity index (χ0) is 24.8. The number of nitrogens with one attached hydrogen (secondary N) is 2. The number of carboxylic acids is 1. The van der Waals surface area contributed by atoms with Crippen LogP contribution < -0.4 is 21.0 Å². The molecule has 1 aromatic heterocycles. The lowest BCUT2D eigenvalue weighted by atomic mass is 10.0. The first kappa shape index (κ1) is 24.5. The highest BCUT2D eigenvalue weighted by Gasteiger charge is 2.26. The van der Waals surface area contributed by atoms with E-state index < -0.39 is 42.1 Å². The van der Waals surface area contributed by atoms with Crippen molar-refractivity contribution in [2.45, 2.75) is 32.9 Å². The van der Waals surface area contributed by atoms with Gasteiger partial charge in [0, 0.05) is 17.5 Å². The molecule has 9 nitrogen and oxygen atoms in total. The first-order chi connectivity index (χ1) is 16.2. The molecule has 0 bridgehead atoms. The van der Waals surface area contributed by atoms with Gasteiger partial charge in [0.05, 0.1) is 0 Å². The van der Waals surface area contributed by atoms with Gasteiger partial charge in [0.2, 0.25) is 5.91 Å². The number of carboxylic acid groups (broad SMARTS) is 1. The molecular weight excluding hydrogens is 440 g/mol. The van der Waals surface area contributed by atoms with E-state index in [4.69, 9.17) is 9.15 Å². The number of aliphatic carboxylic acids is 1. The van der Waals surface area contributed by atoms with Gasteiger partial charge in [-0.05, 0) is 36.1 Å². The van der Waals surface area contributed by atoms with Crippen LogP contribution in [-0.2, 0) is 14.4 Å². The van der Waals surface area contributed by atoms with Gasteiger partial charge in [-0.15, -0.1) is 0 Å². The summed E-state index contributed by atoms with van der Waals surface area (Å²) in [6, 6.07) is 13.7. The SMILES string of the molecule is CC(C)[C@@H](NC(=O)[C@H](C)NC(=O)COc1ccc2c(-c3ccccc3)cc(=O)oc2c1)C(=O)O. The second-order valence-electron chi connectivity index (χ2n) is 8.15. The number of ether oxygens (including phenoxy) is 1. The third-order valence-electron chi connectivity index (χ3n) is 5.17. The maximum atomic E-state index is 12.2. The molecule has 3 aromatic rings. The predicted molar refractivity (Wildman–Crippen MR) is 125 cm³/mol. The Bertz CT molecular complexity index is 1250. The molecule has 0 aliphatic heterocycles. The van der Waals surface area contributed by atoms with E-state index in [1.807, 2.05) is 30.3 Å². The van der Waals surface area contributed by atoms with Crippen molar-refractivity contribution < 1.29 is 28.6 Å². The summed E-state index contributed by atoms with van der Waals surface area (Å²) in [6.07, 6.45) is 0. The molecule has 0 unspecified atom stereocenters. The lowest BCUT2D eigenvalue weighted by Crippen LogP contribution is -2.52. The van der Waals surface area contributed by atoms with Crippen LogP contribution in [-0.4, -0.2) is 41.6 Å².